The first-order chi connectivity index (χ1) is 14.7. The molecule has 2 heterocycles. The minimum absolute atomic E-state index is 0.0199. The van der Waals surface area contributed by atoms with Gasteiger partial charge in [0, 0.05) is 45.9 Å². The van der Waals surface area contributed by atoms with Crippen molar-refractivity contribution in [3.63, 3.8) is 0 Å². The third-order valence-electron chi connectivity index (χ3n) is 4.43. The number of nitrogens with zero attached hydrogens (tertiary/aromatic N) is 4. The molecule has 1 aliphatic heterocycles. The molecule has 1 fully saturated rings. The van der Waals surface area contributed by atoms with Gasteiger partial charge in [-0.15, -0.1) is 10.2 Å². The van der Waals surface area contributed by atoms with Crippen LogP contribution in [0.1, 0.15) is 5.56 Å². The summed E-state index contributed by atoms with van der Waals surface area (Å²) in [5.41, 5.74) is 1.01. The molecule has 3 rings (SSSR count). The number of aromatic nitrogens is 2. The van der Waals surface area contributed by atoms with Crippen LogP contribution in [0.2, 0.25) is 0 Å². The molecular formula is C20H25N5O3S2. The van der Waals surface area contributed by atoms with Gasteiger partial charge < -0.3 is 19.9 Å². The molecule has 0 saturated carbocycles. The SMILES string of the molecule is COCCNC(=O)CSc1nnc(N2CCN(C(=O)/C=C/c3ccccc3)CC2)s1. The zero-order chi connectivity index (χ0) is 21.2. The highest BCUT2D eigenvalue weighted by Gasteiger charge is 2.22. The maximum absolute atomic E-state index is 12.4. The maximum Gasteiger partial charge on any atom is 0.246 e. The summed E-state index contributed by atoms with van der Waals surface area (Å²) in [7, 11) is 1.60. The van der Waals surface area contributed by atoms with Crippen molar-refractivity contribution in [2.75, 3.05) is 57.1 Å². The molecule has 1 aliphatic rings. The molecule has 1 N–H and O–H groups in total. The lowest BCUT2D eigenvalue weighted by atomic mass is 10.2. The number of piperazine rings is 1. The van der Waals surface area contributed by atoms with Crippen LogP contribution in [0.15, 0.2) is 40.7 Å². The summed E-state index contributed by atoms with van der Waals surface area (Å²) >= 11 is 2.84. The Morgan fingerprint density at radius 2 is 1.97 bits per heavy atom. The van der Waals surface area contributed by atoms with Crippen LogP contribution in [0.25, 0.3) is 6.08 Å². The van der Waals surface area contributed by atoms with Crippen LogP contribution in [-0.4, -0.2) is 79.1 Å². The summed E-state index contributed by atoms with van der Waals surface area (Å²) in [6.07, 6.45) is 3.47. The van der Waals surface area contributed by atoms with Crippen molar-refractivity contribution in [3.05, 3.63) is 42.0 Å². The second-order valence-electron chi connectivity index (χ2n) is 6.54. The van der Waals surface area contributed by atoms with Crippen molar-refractivity contribution in [3.8, 4) is 0 Å². The van der Waals surface area contributed by atoms with Crippen molar-refractivity contribution < 1.29 is 14.3 Å². The predicted molar refractivity (Wildman–Crippen MR) is 120 cm³/mol. The van der Waals surface area contributed by atoms with Crippen LogP contribution in [0.5, 0.6) is 0 Å². The summed E-state index contributed by atoms with van der Waals surface area (Å²) in [6, 6.07) is 9.79. The molecule has 160 valence electrons. The Labute approximate surface area is 184 Å². The van der Waals surface area contributed by atoms with Gasteiger partial charge in [0.25, 0.3) is 0 Å². The molecule has 0 bridgehead atoms. The Kier molecular flexibility index (Phi) is 8.66. The number of methoxy groups -OCH3 is 1. The van der Waals surface area contributed by atoms with Gasteiger partial charge in [-0.25, -0.2) is 0 Å². The summed E-state index contributed by atoms with van der Waals surface area (Å²) in [4.78, 5) is 28.1. The quantitative estimate of drug-likeness (QED) is 0.356. The first-order valence-electron chi connectivity index (χ1n) is 9.64. The van der Waals surface area contributed by atoms with Crippen molar-refractivity contribution in [2.24, 2.45) is 0 Å². The number of hydrogen-bond donors (Lipinski definition) is 1. The van der Waals surface area contributed by atoms with Gasteiger partial charge in [0.2, 0.25) is 16.9 Å². The third kappa shape index (κ3) is 6.82. The largest absolute Gasteiger partial charge is 0.383 e. The number of carbonyl (C=O) groups is 2. The Balaban J connectivity index is 1.42. The minimum Gasteiger partial charge on any atom is -0.383 e. The van der Waals surface area contributed by atoms with Crippen molar-refractivity contribution in [1.82, 2.24) is 20.4 Å². The van der Waals surface area contributed by atoms with Crippen molar-refractivity contribution in [2.45, 2.75) is 4.34 Å². The molecule has 1 saturated heterocycles. The fourth-order valence-electron chi connectivity index (χ4n) is 2.81. The van der Waals surface area contributed by atoms with Gasteiger partial charge in [0.15, 0.2) is 4.34 Å². The molecule has 0 spiro atoms. The van der Waals surface area contributed by atoms with Gasteiger partial charge in [0.05, 0.1) is 12.4 Å². The van der Waals surface area contributed by atoms with E-state index in [9.17, 15) is 9.59 Å². The molecule has 0 radical (unpaired) electrons. The van der Waals surface area contributed by atoms with Gasteiger partial charge in [-0.1, -0.05) is 53.4 Å². The lowest BCUT2D eigenvalue weighted by molar-refractivity contribution is -0.126. The molecule has 30 heavy (non-hydrogen) atoms. The van der Waals surface area contributed by atoms with E-state index in [4.69, 9.17) is 4.74 Å². The molecule has 0 unspecified atom stereocenters. The second-order valence-corrected chi connectivity index (χ2v) is 8.72. The molecule has 0 atom stereocenters. The van der Waals surface area contributed by atoms with Crippen LogP contribution >= 0.6 is 23.1 Å². The van der Waals surface area contributed by atoms with Crippen LogP contribution < -0.4 is 10.2 Å². The summed E-state index contributed by atoms with van der Waals surface area (Å²) < 4.78 is 5.67. The zero-order valence-corrected chi connectivity index (χ0v) is 18.5. The van der Waals surface area contributed by atoms with E-state index in [1.54, 1.807) is 13.2 Å². The molecular weight excluding hydrogens is 422 g/mol. The molecule has 0 aliphatic carbocycles. The Hall–Kier alpha value is -2.43. The lowest BCUT2D eigenvalue weighted by Gasteiger charge is -2.33. The molecule has 1 aromatic heterocycles. The van der Waals surface area contributed by atoms with Crippen LogP contribution in [0.4, 0.5) is 5.13 Å². The van der Waals surface area contributed by atoms with Gasteiger partial charge >= 0.3 is 0 Å². The van der Waals surface area contributed by atoms with Crippen LogP contribution in [-0.2, 0) is 14.3 Å². The highest BCUT2D eigenvalue weighted by Crippen LogP contribution is 2.28. The average Bonchev–Trinajstić information content (AvgIpc) is 3.26. The Morgan fingerprint density at radius 1 is 1.20 bits per heavy atom. The second kappa shape index (κ2) is 11.7. The van der Waals surface area contributed by atoms with E-state index in [0.717, 1.165) is 15.0 Å². The Morgan fingerprint density at radius 3 is 2.70 bits per heavy atom. The van der Waals surface area contributed by atoms with Crippen LogP contribution in [0.3, 0.4) is 0 Å². The van der Waals surface area contributed by atoms with E-state index in [0.29, 0.717) is 45.1 Å². The van der Waals surface area contributed by atoms with E-state index < -0.39 is 0 Å². The van der Waals surface area contributed by atoms with E-state index in [2.05, 4.69) is 20.4 Å². The van der Waals surface area contributed by atoms with E-state index in [-0.39, 0.29) is 11.8 Å². The number of nitrogens with one attached hydrogen (secondary N) is 1. The summed E-state index contributed by atoms with van der Waals surface area (Å²) in [6.45, 7) is 3.70. The highest BCUT2D eigenvalue weighted by atomic mass is 32.2. The van der Waals surface area contributed by atoms with Gasteiger partial charge in [-0.3, -0.25) is 9.59 Å². The first-order valence-corrected chi connectivity index (χ1v) is 11.4. The van der Waals surface area contributed by atoms with Gasteiger partial charge in [-0.2, -0.15) is 0 Å². The molecule has 1 aromatic carbocycles. The lowest BCUT2D eigenvalue weighted by Crippen LogP contribution is -2.48. The Bertz CT molecular complexity index is 851. The first kappa shape index (κ1) is 22.3. The predicted octanol–water partition coefficient (Wildman–Crippen LogP) is 1.75. The summed E-state index contributed by atoms with van der Waals surface area (Å²) in [5, 5.41) is 12.0. The van der Waals surface area contributed by atoms with Gasteiger partial charge in [-0.05, 0) is 11.6 Å². The number of ether oxygens (including phenoxy) is 1. The number of hydrogen-bond acceptors (Lipinski definition) is 8. The topological polar surface area (TPSA) is 87.7 Å². The monoisotopic (exact) mass is 447 g/mol. The number of benzene rings is 1. The van der Waals surface area contributed by atoms with E-state index in [1.807, 2.05) is 41.3 Å². The third-order valence-corrected chi connectivity index (χ3v) is 6.55. The maximum atomic E-state index is 12.4. The zero-order valence-electron chi connectivity index (χ0n) is 16.8. The molecule has 2 amide bonds. The fraction of sp³-hybridized carbons (Fsp3) is 0.400. The summed E-state index contributed by atoms with van der Waals surface area (Å²) in [5.74, 6) is 0.268. The van der Waals surface area contributed by atoms with E-state index in [1.165, 1.54) is 23.1 Å². The number of anilines is 1. The highest BCUT2D eigenvalue weighted by molar-refractivity contribution is 8.01. The van der Waals surface area contributed by atoms with Gasteiger partial charge in [0.1, 0.15) is 0 Å². The number of carbonyl (C=O) groups excluding carboxylic acids is 2. The number of amides is 2. The smallest absolute Gasteiger partial charge is 0.246 e. The minimum atomic E-state index is -0.0514. The number of rotatable bonds is 9. The van der Waals surface area contributed by atoms with E-state index >= 15 is 0 Å². The number of thioether (sulfide) groups is 1. The standard InChI is InChI=1S/C20H25N5O3S2/c1-28-14-9-21-17(26)15-29-20-23-22-19(30-20)25-12-10-24(11-13-25)18(27)8-7-16-5-3-2-4-6-16/h2-8H,9-15H2,1H3,(H,21,26)/b8-7+. The van der Waals surface area contributed by atoms with Crippen molar-refractivity contribution >= 4 is 46.1 Å². The average molecular weight is 448 g/mol. The van der Waals surface area contributed by atoms with Crippen molar-refractivity contribution in [1.29, 1.82) is 0 Å². The fourth-order valence-corrected chi connectivity index (χ4v) is 4.54. The molecule has 8 nitrogen and oxygen atoms in total. The van der Waals surface area contributed by atoms with Crippen LogP contribution in [0, 0.1) is 0 Å². The normalized spacial score (nSPS) is 14.3. The molecule has 2 aromatic rings. The molecule has 10 heteroatoms.